The molecule has 4 rings (SSSR count). The molecular formula is C31H34ClNO5S. The van der Waals surface area contributed by atoms with Gasteiger partial charge in [-0.15, -0.1) is 11.8 Å². The monoisotopic (exact) mass is 567 g/mol. The van der Waals surface area contributed by atoms with Gasteiger partial charge >= 0.3 is 12.1 Å². The van der Waals surface area contributed by atoms with Crippen LogP contribution in [0.15, 0.2) is 65.6 Å². The molecule has 0 aromatic heterocycles. The average Bonchev–Trinajstić information content (AvgIpc) is 3.32. The van der Waals surface area contributed by atoms with Crippen molar-refractivity contribution in [2.24, 2.45) is 5.92 Å². The lowest BCUT2D eigenvalue weighted by atomic mass is 9.83. The molecule has 0 bridgehead atoms. The normalized spacial score (nSPS) is 17.2. The van der Waals surface area contributed by atoms with Gasteiger partial charge in [0.2, 0.25) is 0 Å². The number of benzene rings is 3. The summed E-state index contributed by atoms with van der Waals surface area (Å²) in [5.41, 5.74) is 2.69. The molecule has 2 unspecified atom stereocenters. The SMILES string of the molecule is CSc1ccc(CC2CN(C(=O)Oc3ccc(Cl)cc3)CC2c2cc(C)c(OC(C)(C)C(=O)O)c(C)c2)cc1. The first-order valence-corrected chi connectivity index (χ1v) is 14.5. The number of hydrogen-bond acceptors (Lipinski definition) is 5. The molecule has 0 aliphatic carbocycles. The van der Waals surface area contributed by atoms with Crippen LogP contribution in [-0.4, -0.2) is 47.0 Å². The minimum atomic E-state index is -1.35. The summed E-state index contributed by atoms with van der Waals surface area (Å²) >= 11 is 7.68. The summed E-state index contributed by atoms with van der Waals surface area (Å²) < 4.78 is 11.6. The van der Waals surface area contributed by atoms with Crippen LogP contribution in [0, 0.1) is 19.8 Å². The summed E-state index contributed by atoms with van der Waals surface area (Å²) in [7, 11) is 0. The Balaban J connectivity index is 1.61. The highest BCUT2D eigenvalue weighted by molar-refractivity contribution is 7.98. The first-order chi connectivity index (χ1) is 18.5. The average molecular weight is 568 g/mol. The minimum Gasteiger partial charge on any atom is -0.478 e. The Hall–Kier alpha value is -3.16. The van der Waals surface area contributed by atoms with Crippen molar-refractivity contribution >= 4 is 35.4 Å². The van der Waals surface area contributed by atoms with Crippen molar-refractivity contribution in [3.05, 3.63) is 87.9 Å². The van der Waals surface area contributed by atoms with E-state index in [1.165, 1.54) is 10.5 Å². The maximum Gasteiger partial charge on any atom is 0.415 e. The molecule has 8 heteroatoms. The second-order valence-corrected chi connectivity index (χ2v) is 11.9. The van der Waals surface area contributed by atoms with Gasteiger partial charge in [0, 0.05) is 28.9 Å². The fourth-order valence-corrected chi connectivity index (χ4v) is 5.53. The topological polar surface area (TPSA) is 76.1 Å². The summed E-state index contributed by atoms with van der Waals surface area (Å²) in [6.45, 7) is 8.02. The Morgan fingerprint density at radius 2 is 1.64 bits per heavy atom. The number of carbonyl (C=O) groups excluding carboxylic acids is 1. The molecule has 1 aliphatic rings. The van der Waals surface area contributed by atoms with E-state index in [0.29, 0.717) is 29.6 Å². The van der Waals surface area contributed by atoms with Crippen LogP contribution in [0.2, 0.25) is 5.02 Å². The first-order valence-electron chi connectivity index (χ1n) is 12.9. The molecule has 6 nitrogen and oxygen atoms in total. The van der Waals surface area contributed by atoms with Crippen LogP contribution in [0.25, 0.3) is 0 Å². The first kappa shape index (κ1) is 28.8. The number of hydrogen-bond donors (Lipinski definition) is 1. The number of thioether (sulfide) groups is 1. The summed E-state index contributed by atoms with van der Waals surface area (Å²) in [6, 6.07) is 19.4. The third-order valence-electron chi connectivity index (χ3n) is 7.16. The van der Waals surface area contributed by atoms with Gasteiger partial charge in [-0.3, -0.25) is 0 Å². The van der Waals surface area contributed by atoms with Crippen molar-refractivity contribution in [3.8, 4) is 11.5 Å². The lowest BCUT2D eigenvalue weighted by molar-refractivity contribution is -0.152. The van der Waals surface area contributed by atoms with Gasteiger partial charge < -0.3 is 19.5 Å². The summed E-state index contributed by atoms with van der Waals surface area (Å²) in [4.78, 5) is 27.8. The molecule has 206 valence electrons. The molecule has 0 spiro atoms. The second kappa shape index (κ2) is 11.9. The van der Waals surface area contributed by atoms with Crippen molar-refractivity contribution in [1.29, 1.82) is 0 Å². The van der Waals surface area contributed by atoms with E-state index < -0.39 is 11.6 Å². The van der Waals surface area contributed by atoms with Crippen LogP contribution in [0.1, 0.15) is 42.0 Å². The van der Waals surface area contributed by atoms with Crippen LogP contribution in [-0.2, 0) is 11.2 Å². The number of amides is 1. The zero-order valence-electron chi connectivity index (χ0n) is 22.9. The maximum absolute atomic E-state index is 13.2. The Labute approximate surface area is 239 Å². The molecule has 1 N–H and O–H groups in total. The Morgan fingerprint density at radius 3 is 2.21 bits per heavy atom. The third-order valence-corrected chi connectivity index (χ3v) is 8.15. The number of halogens is 1. The van der Waals surface area contributed by atoms with Gasteiger partial charge in [-0.05, 0) is 105 Å². The molecule has 1 heterocycles. The number of rotatable bonds is 8. The molecule has 2 atom stereocenters. The molecule has 0 saturated carbocycles. The lowest BCUT2D eigenvalue weighted by Gasteiger charge is -2.26. The highest BCUT2D eigenvalue weighted by atomic mass is 35.5. The van der Waals surface area contributed by atoms with Crippen molar-refractivity contribution < 1.29 is 24.2 Å². The standard InChI is InChI=1S/C31H34ClNO5S/c1-19-14-22(15-20(2)28(19)38-31(3,4)29(34)35)27-18-33(30(36)37-25-10-8-24(32)9-11-25)17-23(27)16-21-6-12-26(39-5)13-7-21/h6-15,23,27H,16-18H2,1-5H3,(H,34,35). The fourth-order valence-electron chi connectivity index (χ4n) is 4.99. The van der Waals surface area contributed by atoms with Gasteiger partial charge in [0.1, 0.15) is 11.5 Å². The third kappa shape index (κ3) is 6.89. The molecule has 3 aromatic rings. The van der Waals surface area contributed by atoms with Gasteiger partial charge in [-0.1, -0.05) is 35.9 Å². The van der Waals surface area contributed by atoms with E-state index in [-0.39, 0.29) is 17.9 Å². The number of carboxylic acid groups (broad SMARTS) is 1. The zero-order chi connectivity index (χ0) is 28.3. The predicted molar refractivity (Wildman–Crippen MR) is 155 cm³/mol. The molecular weight excluding hydrogens is 534 g/mol. The van der Waals surface area contributed by atoms with Gasteiger partial charge in [0.05, 0.1) is 0 Å². The lowest BCUT2D eigenvalue weighted by Crippen LogP contribution is -2.38. The van der Waals surface area contributed by atoms with Crippen LogP contribution < -0.4 is 9.47 Å². The Kier molecular flexibility index (Phi) is 8.82. The molecule has 39 heavy (non-hydrogen) atoms. The van der Waals surface area contributed by atoms with E-state index in [1.54, 1.807) is 54.8 Å². The number of aryl methyl sites for hydroxylation is 2. The highest BCUT2D eigenvalue weighted by Crippen LogP contribution is 2.39. The second-order valence-electron chi connectivity index (χ2n) is 10.5. The van der Waals surface area contributed by atoms with Crippen molar-refractivity contribution in [3.63, 3.8) is 0 Å². The van der Waals surface area contributed by atoms with Crippen LogP contribution in [0.4, 0.5) is 4.79 Å². The van der Waals surface area contributed by atoms with Crippen LogP contribution in [0.3, 0.4) is 0 Å². The van der Waals surface area contributed by atoms with Gasteiger partial charge in [-0.25, -0.2) is 9.59 Å². The highest BCUT2D eigenvalue weighted by Gasteiger charge is 2.38. The number of carboxylic acids is 1. The quantitative estimate of drug-likeness (QED) is 0.286. The smallest absolute Gasteiger partial charge is 0.415 e. The molecule has 3 aromatic carbocycles. The maximum atomic E-state index is 13.2. The number of aliphatic carboxylic acids is 1. The van der Waals surface area contributed by atoms with E-state index in [1.807, 2.05) is 13.8 Å². The largest absolute Gasteiger partial charge is 0.478 e. The van der Waals surface area contributed by atoms with Crippen molar-refractivity contribution in [2.45, 2.75) is 50.5 Å². The molecule has 1 saturated heterocycles. The van der Waals surface area contributed by atoms with Crippen molar-refractivity contribution in [2.75, 3.05) is 19.3 Å². The van der Waals surface area contributed by atoms with E-state index in [0.717, 1.165) is 23.1 Å². The summed E-state index contributed by atoms with van der Waals surface area (Å²) in [6.07, 6.45) is 2.48. The van der Waals surface area contributed by atoms with E-state index in [2.05, 4.69) is 42.7 Å². The molecule has 1 aliphatic heterocycles. The molecule has 1 amide bonds. The predicted octanol–water partition coefficient (Wildman–Crippen LogP) is 7.38. The van der Waals surface area contributed by atoms with Gasteiger partial charge in [0.25, 0.3) is 0 Å². The van der Waals surface area contributed by atoms with E-state index in [9.17, 15) is 14.7 Å². The van der Waals surface area contributed by atoms with Crippen molar-refractivity contribution in [1.82, 2.24) is 4.90 Å². The number of likely N-dealkylation sites (tertiary alicyclic amines) is 1. The van der Waals surface area contributed by atoms with E-state index in [4.69, 9.17) is 21.1 Å². The van der Waals surface area contributed by atoms with E-state index >= 15 is 0 Å². The van der Waals surface area contributed by atoms with Crippen LogP contribution in [0.5, 0.6) is 11.5 Å². The zero-order valence-corrected chi connectivity index (χ0v) is 24.4. The summed E-state index contributed by atoms with van der Waals surface area (Å²) in [5.74, 6) is 0.244. The minimum absolute atomic E-state index is 0.0712. The van der Waals surface area contributed by atoms with Gasteiger partial charge in [0.15, 0.2) is 5.60 Å². The number of nitrogens with zero attached hydrogens (tertiary/aromatic N) is 1. The van der Waals surface area contributed by atoms with Crippen LogP contribution >= 0.6 is 23.4 Å². The van der Waals surface area contributed by atoms with Gasteiger partial charge in [-0.2, -0.15) is 0 Å². The Bertz CT molecular complexity index is 1320. The number of carbonyl (C=O) groups is 2. The Morgan fingerprint density at radius 1 is 1.03 bits per heavy atom. The number of ether oxygens (including phenoxy) is 2. The fraction of sp³-hybridized carbons (Fsp3) is 0.355. The summed E-state index contributed by atoms with van der Waals surface area (Å²) in [5, 5.41) is 10.1. The molecule has 1 fully saturated rings. The molecule has 0 radical (unpaired) electrons.